The Labute approximate surface area is 117 Å². The third-order valence-electron chi connectivity index (χ3n) is 2.55. The van der Waals surface area contributed by atoms with Crippen molar-refractivity contribution in [2.24, 2.45) is 0 Å². The molecule has 1 unspecified atom stereocenters. The van der Waals surface area contributed by atoms with Crippen LogP contribution in [0.5, 0.6) is 0 Å². The number of aliphatic hydroxyl groups is 2. The van der Waals surface area contributed by atoms with Gasteiger partial charge in [-0.05, 0) is 24.8 Å². The number of carbonyl (C=O) groups is 1. The highest BCUT2D eigenvalue weighted by molar-refractivity contribution is 7.12. The molecule has 1 rings (SSSR count). The third kappa shape index (κ3) is 5.03. The highest BCUT2D eigenvalue weighted by Gasteiger charge is 2.16. The summed E-state index contributed by atoms with van der Waals surface area (Å²) in [7, 11) is 1.72. The van der Waals surface area contributed by atoms with Crippen LogP contribution in [0.2, 0.25) is 0 Å². The lowest BCUT2D eigenvalue weighted by molar-refractivity contribution is 0.0773. The highest BCUT2D eigenvalue weighted by Crippen LogP contribution is 2.18. The molecule has 0 saturated carbocycles. The number of thiophene rings is 1. The maximum atomic E-state index is 12.2. The number of amides is 1. The largest absolute Gasteiger partial charge is 0.395 e. The average Bonchev–Trinajstić information content (AvgIpc) is 2.83. The summed E-state index contributed by atoms with van der Waals surface area (Å²) in [5.41, 5.74) is 0.701. The van der Waals surface area contributed by atoms with Crippen LogP contribution in [0.4, 0.5) is 0 Å². The molecule has 2 N–H and O–H groups in total. The first-order valence-electron chi connectivity index (χ1n) is 6.17. The lowest BCUT2D eigenvalue weighted by Gasteiger charge is -2.17. The van der Waals surface area contributed by atoms with E-state index in [4.69, 9.17) is 5.11 Å². The molecule has 0 aliphatic carbocycles. The van der Waals surface area contributed by atoms with Crippen molar-refractivity contribution < 1.29 is 15.0 Å². The lowest BCUT2D eigenvalue weighted by Crippen LogP contribution is -2.29. The molecule has 1 aromatic rings. The summed E-state index contributed by atoms with van der Waals surface area (Å²) in [6.45, 7) is 2.24. The highest BCUT2D eigenvalue weighted by atomic mass is 32.1. The van der Waals surface area contributed by atoms with E-state index < -0.39 is 6.10 Å². The first-order valence-corrected chi connectivity index (χ1v) is 7.05. The predicted molar refractivity (Wildman–Crippen MR) is 76.2 cm³/mol. The van der Waals surface area contributed by atoms with Crippen LogP contribution in [0.1, 0.15) is 35.0 Å². The van der Waals surface area contributed by atoms with E-state index in [0.717, 1.165) is 0 Å². The number of aliphatic hydroxyl groups excluding tert-OH is 2. The molecule has 5 heteroatoms. The molecule has 1 heterocycles. The van der Waals surface area contributed by atoms with Crippen molar-refractivity contribution in [1.82, 2.24) is 4.90 Å². The molecule has 104 valence electrons. The third-order valence-corrected chi connectivity index (χ3v) is 3.45. The van der Waals surface area contributed by atoms with Gasteiger partial charge in [-0.15, -0.1) is 11.3 Å². The predicted octanol–water partition coefficient (Wildman–Crippen LogP) is 1.32. The van der Waals surface area contributed by atoms with Gasteiger partial charge >= 0.3 is 0 Å². The van der Waals surface area contributed by atoms with Crippen molar-refractivity contribution in [2.75, 3.05) is 20.2 Å². The van der Waals surface area contributed by atoms with E-state index in [1.807, 2.05) is 11.4 Å². The van der Waals surface area contributed by atoms with Gasteiger partial charge in [0, 0.05) is 25.6 Å². The van der Waals surface area contributed by atoms with Gasteiger partial charge in [0.25, 0.3) is 5.91 Å². The van der Waals surface area contributed by atoms with Gasteiger partial charge in [-0.2, -0.15) is 0 Å². The van der Waals surface area contributed by atoms with Crippen LogP contribution in [-0.4, -0.2) is 47.3 Å². The van der Waals surface area contributed by atoms with Crippen molar-refractivity contribution in [2.45, 2.75) is 25.9 Å². The summed E-state index contributed by atoms with van der Waals surface area (Å²) in [5, 5.41) is 19.7. The number of nitrogens with zero attached hydrogens (tertiary/aromatic N) is 1. The second-order valence-electron chi connectivity index (χ2n) is 4.30. The number of rotatable bonds is 5. The number of hydrogen-bond donors (Lipinski definition) is 2. The quantitative estimate of drug-likeness (QED) is 0.800. The molecule has 0 bridgehead atoms. The molecule has 0 fully saturated rings. The first kappa shape index (κ1) is 15.7. The molecule has 0 aromatic carbocycles. The molecule has 1 atom stereocenters. The van der Waals surface area contributed by atoms with Gasteiger partial charge in [0.2, 0.25) is 0 Å². The van der Waals surface area contributed by atoms with E-state index >= 15 is 0 Å². The van der Waals surface area contributed by atoms with E-state index in [2.05, 4.69) is 11.8 Å². The standard InChI is InChI=1S/C14H19NO3S/c1-11(17)6-8-15(2)14(18)13-12(7-10-19-13)5-3-4-9-16/h7,10-11,16-17H,4,6,8-9H2,1-2H3. The van der Waals surface area contributed by atoms with Crippen LogP contribution >= 0.6 is 11.3 Å². The van der Waals surface area contributed by atoms with E-state index in [-0.39, 0.29) is 12.5 Å². The smallest absolute Gasteiger partial charge is 0.264 e. The summed E-state index contributed by atoms with van der Waals surface area (Å²) in [5.74, 6) is 5.64. The Kier molecular flexibility index (Phi) is 6.57. The fourth-order valence-electron chi connectivity index (χ4n) is 1.44. The van der Waals surface area contributed by atoms with Crippen LogP contribution in [0, 0.1) is 11.8 Å². The summed E-state index contributed by atoms with van der Waals surface area (Å²) in [6.07, 6.45) is 0.544. The maximum Gasteiger partial charge on any atom is 0.264 e. The fourth-order valence-corrected chi connectivity index (χ4v) is 2.29. The Bertz CT molecular complexity index is 471. The van der Waals surface area contributed by atoms with Crippen LogP contribution < -0.4 is 0 Å². The Hall–Kier alpha value is -1.35. The minimum Gasteiger partial charge on any atom is -0.395 e. The molecular formula is C14H19NO3S. The van der Waals surface area contributed by atoms with Crippen LogP contribution in [-0.2, 0) is 0 Å². The molecule has 1 amide bonds. The number of hydrogen-bond acceptors (Lipinski definition) is 4. The van der Waals surface area contributed by atoms with Gasteiger partial charge in [0.05, 0.1) is 12.7 Å². The summed E-state index contributed by atoms with van der Waals surface area (Å²) in [6, 6.07) is 1.81. The molecule has 19 heavy (non-hydrogen) atoms. The Morgan fingerprint density at radius 1 is 1.58 bits per heavy atom. The molecule has 0 saturated heterocycles. The zero-order valence-corrected chi connectivity index (χ0v) is 12.0. The zero-order valence-electron chi connectivity index (χ0n) is 11.2. The van der Waals surface area contributed by atoms with Crippen molar-refractivity contribution in [3.8, 4) is 11.8 Å². The number of carbonyl (C=O) groups excluding carboxylic acids is 1. The summed E-state index contributed by atoms with van der Waals surface area (Å²) < 4.78 is 0. The van der Waals surface area contributed by atoms with E-state index in [0.29, 0.717) is 29.8 Å². The molecule has 0 radical (unpaired) electrons. The van der Waals surface area contributed by atoms with Crippen molar-refractivity contribution in [1.29, 1.82) is 0 Å². The van der Waals surface area contributed by atoms with Gasteiger partial charge in [-0.1, -0.05) is 11.8 Å². The normalized spacial score (nSPS) is 11.6. The minimum absolute atomic E-state index is 0.0225. The molecule has 4 nitrogen and oxygen atoms in total. The van der Waals surface area contributed by atoms with Crippen molar-refractivity contribution >= 4 is 17.2 Å². The van der Waals surface area contributed by atoms with Crippen molar-refractivity contribution in [3.63, 3.8) is 0 Å². The van der Waals surface area contributed by atoms with Gasteiger partial charge in [0.15, 0.2) is 0 Å². The van der Waals surface area contributed by atoms with Crippen molar-refractivity contribution in [3.05, 3.63) is 21.9 Å². The monoisotopic (exact) mass is 281 g/mol. The second-order valence-corrected chi connectivity index (χ2v) is 5.22. The Balaban J connectivity index is 2.72. The molecule has 0 aliphatic heterocycles. The summed E-state index contributed by atoms with van der Waals surface area (Å²) in [4.78, 5) is 14.4. The minimum atomic E-state index is -0.414. The lowest BCUT2D eigenvalue weighted by atomic mass is 10.2. The SMILES string of the molecule is CC(O)CCN(C)C(=O)c1sccc1C#CCCO. The van der Waals surface area contributed by atoms with Crippen LogP contribution in [0.15, 0.2) is 11.4 Å². The first-order chi connectivity index (χ1) is 9.06. The molecular weight excluding hydrogens is 262 g/mol. The maximum absolute atomic E-state index is 12.2. The molecule has 0 spiro atoms. The Morgan fingerprint density at radius 2 is 2.32 bits per heavy atom. The second kappa shape index (κ2) is 7.95. The Morgan fingerprint density at radius 3 is 2.95 bits per heavy atom. The van der Waals surface area contributed by atoms with Gasteiger partial charge in [-0.3, -0.25) is 4.79 Å². The zero-order chi connectivity index (χ0) is 14.3. The topological polar surface area (TPSA) is 60.8 Å². The van der Waals surface area contributed by atoms with E-state index in [1.165, 1.54) is 11.3 Å². The summed E-state index contributed by atoms with van der Waals surface area (Å²) >= 11 is 1.36. The average molecular weight is 281 g/mol. The fraction of sp³-hybridized carbons (Fsp3) is 0.500. The molecule has 1 aromatic heterocycles. The van der Waals surface area contributed by atoms with Gasteiger partial charge in [0.1, 0.15) is 4.88 Å². The van der Waals surface area contributed by atoms with Crippen LogP contribution in [0.25, 0.3) is 0 Å². The van der Waals surface area contributed by atoms with E-state index in [1.54, 1.807) is 18.9 Å². The van der Waals surface area contributed by atoms with Crippen LogP contribution in [0.3, 0.4) is 0 Å². The van der Waals surface area contributed by atoms with Gasteiger partial charge in [-0.25, -0.2) is 0 Å². The van der Waals surface area contributed by atoms with E-state index in [9.17, 15) is 9.90 Å². The van der Waals surface area contributed by atoms with Gasteiger partial charge < -0.3 is 15.1 Å². The molecule has 0 aliphatic rings.